The zero-order chi connectivity index (χ0) is 20.2. The molecule has 0 aromatic heterocycles. The van der Waals surface area contributed by atoms with Gasteiger partial charge in [0.05, 0.1) is 0 Å². The number of guanidine groups is 1. The van der Waals surface area contributed by atoms with E-state index in [9.17, 15) is 0 Å². The number of hydrogen-bond donors (Lipinski definition) is 2. The van der Waals surface area contributed by atoms with Crippen LogP contribution in [0.4, 0.5) is 5.69 Å². The number of anilines is 1. The maximum absolute atomic E-state index is 4.38. The summed E-state index contributed by atoms with van der Waals surface area (Å²) in [5.74, 6) is 3.35. The second-order valence-electron chi connectivity index (χ2n) is 7.41. The van der Waals surface area contributed by atoms with E-state index in [1.807, 2.05) is 18.8 Å². The van der Waals surface area contributed by atoms with Crippen molar-refractivity contribution in [2.45, 2.75) is 46.2 Å². The second-order valence-corrected chi connectivity index (χ2v) is 8.63. The van der Waals surface area contributed by atoms with Crippen LogP contribution in [0.15, 0.2) is 29.3 Å². The average Bonchev–Trinajstić information content (AvgIpc) is 2.75. The molecular formula is C22H39N5S. The van der Waals surface area contributed by atoms with Gasteiger partial charge < -0.3 is 20.4 Å². The molecule has 1 atom stereocenters. The number of benzene rings is 1. The quantitative estimate of drug-likeness (QED) is 0.461. The highest BCUT2D eigenvalue weighted by atomic mass is 32.2. The van der Waals surface area contributed by atoms with E-state index < -0.39 is 0 Å². The summed E-state index contributed by atoms with van der Waals surface area (Å²) in [5, 5.41) is 6.97. The summed E-state index contributed by atoms with van der Waals surface area (Å²) in [6.45, 7) is 13.3. The van der Waals surface area contributed by atoms with Crippen LogP contribution in [-0.2, 0) is 6.54 Å². The van der Waals surface area contributed by atoms with Crippen LogP contribution in [0, 0.1) is 0 Å². The van der Waals surface area contributed by atoms with Crippen LogP contribution in [0.3, 0.4) is 0 Å². The lowest BCUT2D eigenvalue weighted by molar-refractivity contribution is 0.292. The number of nitrogens with one attached hydrogen (secondary N) is 2. The highest BCUT2D eigenvalue weighted by Gasteiger charge is 2.11. The first kappa shape index (κ1) is 22.9. The fourth-order valence-electron chi connectivity index (χ4n) is 3.49. The summed E-state index contributed by atoms with van der Waals surface area (Å²) in [7, 11) is 1.84. The SMILES string of the molecule is CCN(CC)CCCC(C)NC(=NC)NCc1ccc(N2CCSCC2)cc1. The molecule has 0 saturated carbocycles. The number of aliphatic imine (C=N–C) groups is 1. The molecule has 0 bridgehead atoms. The van der Waals surface area contributed by atoms with E-state index in [1.165, 1.54) is 35.7 Å². The third-order valence-corrected chi connectivity index (χ3v) is 6.33. The van der Waals surface area contributed by atoms with Crippen molar-refractivity contribution < 1.29 is 0 Å². The van der Waals surface area contributed by atoms with E-state index in [2.05, 4.69) is 70.5 Å². The Labute approximate surface area is 176 Å². The van der Waals surface area contributed by atoms with Gasteiger partial charge in [0.2, 0.25) is 0 Å². The van der Waals surface area contributed by atoms with Crippen molar-refractivity contribution in [3.63, 3.8) is 0 Å². The third kappa shape index (κ3) is 7.92. The van der Waals surface area contributed by atoms with E-state index in [-0.39, 0.29) is 0 Å². The van der Waals surface area contributed by atoms with Crippen LogP contribution < -0.4 is 15.5 Å². The Balaban J connectivity index is 1.72. The summed E-state index contributed by atoms with van der Waals surface area (Å²) >= 11 is 2.05. The van der Waals surface area contributed by atoms with Crippen molar-refractivity contribution in [1.29, 1.82) is 0 Å². The van der Waals surface area contributed by atoms with E-state index >= 15 is 0 Å². The Morgan fingerprint density at radius 2 is 1.86 bits per heavy atom. The maximum atomic E-state index is 4.38. The summed E-state index contributed by atoms with van der Waals surface area (Å²) in [6.07, 6.45) is 2.36. The molecule has 28 heavy (non-hydrogen) atoms. The van der Waals surface area contributed by atoms with Crippen molar-refractivity contribution in [2.24, 2.45) is 4.99 Å². The largest absolute Gasteiger partial charge is 0.370 e. The minimum Gasteiger partial charge on any atom is -0.370 e. The van der Waals surface area contributed by atoms with Crippen LogP contribution >= 0.6 is 11.8 Å². The monoisotopic (exact) mass is 405 g/mol. The molecule has 2 N–H and O–H groups in total. The van der Waals surface area contributed by atoms with Gasteiger partial charge in [0.15, 0.2) is 5.96 Å². The van der Waals surface area contributed by atoms with Crippen molar-refractivity contribution in [3.05, 3.63) is 29.8 Å². The van der Waals surface area contributed by atoms with Crippen LogP contribution in [0.5, 0.6) is 0 Å². The minimum absolute atomic E-state index is 0.418. The van der Waals surface area contributed by atoms with Crippen LogP contribution in [0.1, 0.15) is 39.2 Å². The van der Waals surface area contributed by atoms with E-state index in [0.717, 1.165) is 45.1 Å². The summed E-state index contributed by atoms with van der Waals surface area (Å²) in [5.41, 5.74) is 2.63. The van der Waals surface area contributed by atoms with E-state index in [0.29, 0.717) is 6.04 Å². The smallest absolute Gasteiger partial charge is 0.191 e. The number of rotatable bonds is 10. The van der Waals surface area contributed by atoms with Gasteiger partial charge in [-0.3, -0.25) is 4.99 Å². The number of nitrogens with zero attached hydrogens (tertiary/aromatic N) is 3. The molecule has 2 rings (SSSR count). The molecule has 0 radical (unpaired) electrons. The Hall–Kier alpha value is -1.40. The molecule has 158 valence electrons. The maximum Gasteiger partial charge on any atom is 0.191 e. The van der Waals surface area contributed by atoms with E-state index in [1.54, 1.807) is 0 Å². The Kier molecular flexibility index (Phi) is 10.6. The van der Waals surface area contributed by atoms with Gasteiger partial charge >= 0.3 is 0 Å². The molecule has 1 aromatic rings. The summed E-state index contributed by atoms with van der Waals surface area (Å²) < 4.78 is 0. The topological polar surface area (TPSA) is 42.9 Å². The van der Waals surface area contributed by atoms with Gasteiger partial charge in [-0.05, 0) is 57.1 Å². The molecule has 5 nitrogen and oxygen atoms in total. The van der Waals surface area contributed by atoms with Crippen LogP contribution in [0.25, 0.3) is 0 Å². The van der Waals surface area contributed by atoms with Gasteiger partial charge in [0.1, 0.15) is 0 Å². The lowest BCUT2D eigenvalue weighted by Gasteiger charge is -2.28. The van der Waals surface area contributed by atoms with Gasteiger partial charge in [-0.15, -0.1) is 0 Å². The van der Waals surface area contributed by atoms with Crippen molar-refractivity contribution in [3.8, 4) is 0 Å². The minimum atomic E-state index is 0.418. The van der Waals surface area contributed by atoms with Crippen LogP contribution in [-0.4, -0.2) is 68.2 Å². The Morgan fingerprint density at radius 1 is 1.18 bits per heavy atom. The van der Waals surface area contributed by atoms with Gasteiger partial charge in [0.25, 0.3) is 0 Å². The highest BCUT2D eigenvalue weighted by Crippen LogP contribution is 2.19. The lowest BCUT2D eigenvalue weighted by atomic mass is 10.1. The molecule has 1 saturated heterocycles. The van der Waals surface area contributed by atoms with Crippen molar-refractivity contribution in [2.75, 3.05) is 56.2 Å². The number of thioether (sulfide) groups is 1. The molecule has 1 unspecified atom stereocenters. The van der Waals surface area contributed by atoms with E-state index in [4.69, 9.17) is 0 Å². The molecule has 0 spiro atoms. The highest BCUT2D eigenvalue weighted by molar-refractivity contribution is 7.99. The first-order chi connectivity index (χ1) is 13.7. The Morgan fingerprint density at radius 3 is 2.46 bits per heavy atom. The molecule has 1 aliphatic heterocycles. The molecule has 1 fully saturated rings. The first-order valence-electron chi connectivity index (χ1n) is 10.8. The predicted octanol–water partition coefficient (Wildman–Crippen LogP) is 3.42. The fourth-order valence-corrected chi connectivity index (χ4v) is 4.40. The predicted molar refractivity (Wildman–Crippen MR) is 126 cm³/mol. The normalized spacial score (nSPS) is 16.3. The second kappa shape index (κ2) is 12.9. The molecular weight excluding hydrogens is 366 g/mol. The number of hydrogen-bond acceptors (Lipinski definition) is 4. The summed E-state index contributed by atoms with van der Waals surface area (Å²) in [4.78, 5) is 9.34. The van der Waals surface area contributed by atoms with Gasteiger partial charge in [-0.1, -0.05) is 26.0 Å². The van der Waals surface area contributed by atoms with Crippen molar-refractivity contribution >= 4 is 23.4 Å². The molecule has 0 aliphatic carbocycles. The fraction of sp³-hybridized carbons (Fsp3) is 0.682. The van der Waals surface area contributed by atoms with Gasteiger partial charge in [-0.25, -0.2) is 0 Å². The van der Waals surface area contributed by atoms with Gasteiger partial charge in [-0.2, -0.15) is 11.8 Å². The molecule has 1 aliphatic rings. The zero-order valence-corrected chi connectivity index (χ0v) is 19.0. The molecule has 0 amide bonds. The van der Waals surface area contributed by atoms with Gasteiger partial charge in [0, 0.05) is 49.9 Å². The lowest BCUT2D eigenvalue weighted by Crippen LogP contribution is -2.42. The van der Waals surface area contributed by atoms with Crippen molar-refractivity contribution in [1.82, 2.24) is 15.5 Å². The molecule has 6 heteroatoms. The standard InChI is InChI=1S/C22H39N5S/c1-5-26(6-2)13-7-8-19(3)25-22(23-4)24-18-20-9-11-21(12-10-20)27-14-16-28-17-15-27/h9-12,19H,5-8,13-18H2,1-4H3,(H2,23,24,25). The summed E-state index contributed by atoms with van der Waals surface area (Å²) in [6, 6.07) is 9.37. The average molecular weight is 406 g/mol. The van der Waals surface area contributed by atoms with Crippen LogP contribution in [0.2, 0.25) is 0 Å². The Bertz CT molecular complexity index is 565. The molecule has 1 heterocycles. The third-order valence-electron chi connectivity index (χ3n) is 5.39. The first-order valence-corrected chi connectivity index (χ1v) is 11.9. The zero-order valence-electron chi connectivity index (χ0n) is 18.2. The molecule has 1 aromatic carbocycles.